The molecule has 0 saturated carbocycles. The zero-order valence-corrected chi connectivity index (χ0v) is 22.2. The molecule has 4 nitrogen and oxygen atoms in total. The minimum Gasteiger partial charge on any atom is -0.334 e. The van der Waals surface area contributed by atoms with Crippen LogP contribution in [0.4, 0.5) is 0 Å². The quantitative estimate of drug-likeness (QED) is 0.387. The van der Waals surface area contributed by atoms with Gasteiger partial charge >= 0.3 is 0 Å². The number of hydrogen-bond acceptors (Lipinski definition) is 4. The number of piperidine rings is 1. The van der Waals surface area contributed by atoms with Crippen molar-refractivity contribution in [1.82, 2.24) is 9.62 Å². The van der Waals surface area contributed by atoms with E-state index in [9.17, 15) is 9.59 Å². The standard InChI is InChI=1S/C26H33ClN2O2S2/c1-18(2)32-16-15-29-23(20-7-9-21(27)10-8-20)13-14-26(4,25(29)31)17-24(30)28-33-22-11-5-19(3)6-12-22/h5-12,18,23H,13-17H2,1-4H3,(H,28,30)/t23?,26-/m1/s1. The number of hydrogen-bond donors (Lipinski definition) is 1. The number of carbonyl (C=O) groups is 2. The predicted octanol–water partition coefficient (Wildman–Crippen LogP) is 6.67. The van der Waals surface area contributed by atoms with E-state index in [1.165, 1.54) is 17.5 Å². The summed E-state index contributed by atoms with van der Waals surface area (Å²) >= 11 is 9.24. The van der Waals surface area contributed by atoms with Crippen LogP contribution in [-0.2, 0) is 9.59 Å². The lowest BCUT2D eigenvalue weighted by atomic mass is 9.74. The Hall–Kier alpha value is -1.63. The van der Waals surface area contributed by atoms with Crippen LogP contribution in [0.2, 0.25) is 5.02 Å². The topological polar surface area (TPSA) is 49.4 Å². The van der Waals surface area contributed by atoms with Crippen LogP contribution in [0, 0.1) is 12.3 Å². The molecule has 1 fully saturated rings. The molecule has 1 saturated heterocycles. The van der Waals surface area contributed by atoms with Gasteiger partial charge in [-0.15, -0.1) is 0 Å². The Kier molecular flexibility index (Phi) is 9.19. The average Bonchev–Trinajstić information content (AvgIpc) is 2.77. The maximum atomic E-state index is 13.7. The lowest BCUT2D eigenvalue weighted by Gasteiger charge is -2.44. The summed E-state index contributed by atoms with van der Waals surface area (Å²) in [5.74, 6) is 0.824. The molecule has 2 aromatic carbocycles. The maximum absolute atomic E-state index is 13.7. The molecule has 0 radical (unpaired) electrons. The second kappa shape index (κ2) is 11.7. The highest BCUT2D eigenvalue weighted by Crippen LogP contribution is 2.43. The molecule has 1 heterocycles. The van der Waals surface area contributed by atoms with Crippen LogP contribution in [0.15, 0.2) is 53.4 Å². The fraction of sp³-hybridized carbons (Fsp3) is 0.462. The van der Waals surface area contributed by atoms with Gasteiger partial charge in [-0.25, -0.2) is 0 Å². The lowest BCUT2D eigenvalue weighted by molar-refractivity contribution is -0.151. The monoisotopic (exact) mass is 504 g/mol. The van der Waals surface area contributed by atoms with Gasteiger partial charge in [0.05, 0.1) is 11.5 Å². The van der Waals surface area contributed by atoms with Gasteiger partial charge in [0.15, 0.2) is 0 Å². The highest BCUT2D eigenvalue weighted by molar-refractivity contribution is 7.99. The van der Waals surface area contributed by atoms with Crippen molar-refractivity contribution in [2.24, 2.45) is 5.41 Å². The van der Waals surface area contributed by atoms with E-state index in [4.69, 9.17) is 11.6 Å². The highest BCUT2D eigenvalue weighted by atomic mass is 35.5. The Balaban J connectivity index is 1.69. The molecular formula is C26H33ClN2O2S2. The predicted molar refractivity (Wildman–Crippen MR) is 141 cm³/mol. The molecule has 0 bridgehead atoms. The molecule has 33 heavy (non-hydrogen) atoms. The summed E-state index contributed by atoms with van der Waals surface area (Å²) < 4.78 is 2.92. The van der Waals surface area contributed by atoms with Crippen molar-refractivity contribution in [2.75, 3.05) is 12.3 Å². The zero-order chi connectivity index (χ0) is 24.0. The summed E-state index contributed by atoms with van der Waals surface area (Å²) in [6.45, 7) is 8.97. The van der Waals surface area contributed by atoms with E-state index in [2.05, 4.69) is 18.6 Å². The second-order valence-corrected chi connectivity index (χ2v) is 12.2. The van der Waals surface area contributed by atoms with Crippen molar-refractivity contribution < 1.29 is 9.59 Å². The largest absolute Gasteiger partial charge is 0.334 e. The number of benzene rings is 2. The van der Waals surface area contributed by atoms with Crippen LogP contribution in [0.3, 0.4) is 0 Å². The zero-order valence-electron chi connectivity index (χ0n) is 19.8. The van der Waals surface area contributed by atoms with Gasteiger partial charge in [0.1, 0.15) is 0 Å². The summed E-state index contributed by atoms with van der Waals surface area (Å²) in [5, 5.41) is 1.20. The fourth-order valence-electron chi connectivity index (χ4n) is 4.16. The molecule has 1 aliphatic rings. The van der Waals surface area contributed by atoms with Crippen molar-refractivity contribution in [3.05, 3.63) is 64.7 Å². The number of amides is 2. The van der Waals surface area contributed by atoms with Crippen LogP contribution in [0.25, 0.3) is 0 Å². The van der Waals surface area contributed by atoms with E-state index in [1.54, 1.807) is 0 Å². The second-order valence-electron chi connectivity index (χ2n) is 9.20. The molecule has 178 valence electrons. The normalized spacial score (nSPS) is 20.8. The molecule has 0 aliphatic carbocycles. The van der Waals surface area contributed by atoms with Gasteiger partial charge in [-0.1, -0.05) is 62.2 Å². The fourth-order valence-corrected chi connectivity index (χ4v) is 5.63. The summed E-state index contributed by atoms with van der Waals surface area (Å²) in [4.78, 5) is 29.5. The number of halogens is 1. The smallest absolute Gasteiger partial charge is 0.231 e. The molecule has 2 aromatic rings. The van der Waals surface area contributed by atoms with E-state index < -0.39 is 5.41 Å². The third kappa shape index (κ3) is 7.17. The van der Waals surface area contributed by atoms with Gasteiger partial charge in [-0.05, 0) is 66.8 Å². The highest BCUT2D eigenvalue weighted by Gasteiger charge is 2.45. The first-order valence-corrected chi connectivity index (χ1v) is 13.6. The first-order chi connectivity index (χ1) is 15.7. The SMILES string of the molecule is Cc1ccc(SNC(=O)C[C@@]2(C)CCC(c3ccc(Cl)cc3)N(CCSC(C)C)C2=O)cc1. The van der Waals surface area contributed by atoms with E-state index in [0.717, 1.165) is 22.6 Å². The van der Waals surface area contributed by atoms with E-state index in [1.807, 2.05) is 79.0 Å². The summed E-state index contributed by atoms with van der Waals surface area (Å²) in [7, 11) is 0. The first-order valence-electron chi connectivity index (χ1n) is 11.4. The van der Waals surface area contributed by atoms with Gasteiger partial charge < -0.3 is 4.90 Å². The molecule has 0 spiro atoms. The van der Waals surface area contributed by atoms with E-state index in [-0.39, 0.29) is 24.3 Å². The van der Waals surface area contributed by atoms with Gasteiger partial charge in [0, 0.05) is 28.6 Å². The van der Waals surface area contributed by atoms with E-state index in [0.29, 0.717) is 23.2 Å². The molecule has 1 N–H and O–H groups in total. The third-order valence-corrected chi connectivity index (χ3v) is 8.19. The molecule has 2 atom stereocenters. The van der Waals surface area contributed by atoms with Crippen LogP contribution in [0.1, 0.15) is 57.2 Å². The van der Waals surface area contributed by atoms with Crippen molar-refractivity contribution in [1.29, 1.82) is 0 Å². The van der Waals surface area contributed by atoms with Crippen molar-refractivity contribution in [2.45, 2.75) is 63.1 Å². The van der Waals surface area contributed by atoms with Gasteiger partial charge in [0.25, 0.3) is 0 Å². The van der Waals surface area contributed by atoms with Gasteiger partial charge in [-0.3, -0.25) is 14.3 Å². The molecule has 0 aromatic heterocycles. The van der Waals surface area contributed by atoms with Crippen LogP contribution < -0.4 is 4.72 Å². The number of carbonyl (C=O) groups excluding carboxylic acids is 2. The molecule has 1 unspecified atom stereocenters. The minimum atomic E-state index is -0.705. The van der Waals surface area contributed by atoms with Crippen molar-refractivity contribution >= 4 is 47.1 Å². The Labute approximate surface area is 211 Å². The molecule has 2 amide bonds. The number of likely N-dealkylation sites (tertiary alicyclic amines) is 1. The number of thioether (sulfide) groups is 1. The number of aryl methyl sites for hydroxylation is 1. The number of nitrogens with one attached hydrogen (secondary N) is 1. The van der Waals surface area contributed by atoms with Crippen molar-refractivity contribution in [3.8, 4) is 0 Å². The maximum Gasteiger partial charge on any atom is 0.231 e. The minimum absolute atomic E-state index is 0.0144. The summed E-state index contributed by atoms with van der Waals surface area (Å²) in [6.07, 6.45) is 1.69. The molecule has 3 rings (SSSR count). The third-order valence-electron chi connectivity index (χ3n) is 6.02. The Morgan fingerprint density at radius 1 is 1.18 bits per heavy atom. The van der Waals surface area contributed by atoms with Gasteiger partial charge in [-0.2, -0.15) is 11.8 Å². The Morgan fingerprint density at radius 2 is 1.85 bits per heavy atom. The number of rotatable bonds is 9. The lowest BCUT2D eigenvalue weighted by Crippen LogP contribution is -2.51. The van der Waals surface area contributed by atoms with Crippen LogP contribution >= 0.6 is 35.3 Å². The molecular weight excluding hydrogens is 472 g/mol. The van der Waals surface area contributed by atoms with Crippen LogP contribution in [-0.4, -0.2) is 34.3 Å². The van der Waals surface area contributed by atoms with Gasteiger partial charge in [0.2, 0.25) is 11.8 Å². The molecule has 7 heteroatoms. The van der Waals surface area contributed by atoms with Crippen LogP contribution in [0.5, 0.6) is 0 Å². The first kappa shape index (κ1) is 26.0. The number of nitrogens with zero attached hydrogens (tertiary/aromatic N) is 1. The molecule has 1 aliphatic heterocycles. The van der Waals surface area contributed by atoms with Crippen molar-refractivity contribution in [3.63, 3.8) is 0 Å². The average molecular weight is 505 g/mol. The van der Waals surface area contributed by atoms with E-state index >= 15 is 0 Å². The Bertz CT molecular complexity index is 950. The summed E-state index contributed by atoms with van der Waals surface area (Å²) in [5.41, 5.74) is 1.57. The Morgan fingerprint density at radius 3 is 2.48 bits per heavy atom. The summed E-state index contributed by atoms with van der Waals surface area (Å²) in [6, 6.07) is 15.8.